The lowest BCUT2D eigenvalue weighted by atomic mass is 9.85. The summed E-state index contributed by atoms with van der Waals surface area (Å²) >= 11 is 3.50. The molecule has 370 valence electrons. The molecule has 1 saturated heterocycles. The zero-order valence-corrected chi connectivity index (χ0v) is 42.5. The topological polar surface area (TPSA) is 174 Å². The van der Waals surface area contributed by atoms with Crippen LogP contribution >= 0.6 is 33.9 Å². The van der Waals surface area contributed by atoms with Gasteiger partial charge in [-0.15, -0.1) is 11.3 Å². The number of nitrogens with zero attached hydrogens (tertiary/aromatic N) is 2. The molecule has 0 bridgehead atoms. The average molecular weight is 1080 g/mol. The monoisotopic (exact) mass is 1080 g/mol. The predicted molar refractivity (Wildman–Crippen MR) is 268 cm³/mol. The summed E-state index contributed by atoms with van der Waals surface area (Å²) in [6.45, 7) is 11.2. The summed E-state index contributed by atoms with van der Waals surface area (Å²) in [5.41, 5.74) is 5.50. The molecule has 1 aliphatic heterocycles. The van der Waals surface area contributed by atoms with Crippen LogP contribution in [0.25, 0.3) is 10.4 Å². The highest BCUT2D eigenvalue weighted by Crippen LogP contribution is 2.31. The highest BCUT2D eigenvalue weighted by Gasteiger charge is 2.44. The molecule has 4 amide bonds. The first-order valence-corrected chi connectivity index (χ1v) is 25.3. The Balaban J connectivity index is 0.911. The van der Waals surface area contributed by atoms with Crippen molar-refractivity contribution in [3.8, 4) is 10.4 Å². The zero-order chi connectivity index (χ0) is 49.4. The molecule has 0 radical (unpaired) electrons. The maximum Gasteiger partial charge on any atom is 0.277 e. The summed E-state index contributed by atoms with van der Waals surface area (Å²) in [5.74, 6) is -4.93. The molecule has 2 heterocycles. The van der Waals surface area contributed by atoms with Crippen molar-refractivity contribution < 1.29 is 42.3 Å². The number of hydrogen-bond donors (Lipinski definition) is 6. The van der Waals surface area contributed by atoms with Gasteiger partial charge >= 0.3 is 0 Å². The van der Waals surface area contributed by atoms with Crippen molar-refractivity contribution in [1.29, 1.82) is 0 Å². The number of hydrogen-bond acceptors (Lipinski definition) is 10. The van der Waals surface area contributed by atoms with E-state index in [4.69, 9.17) is 4.84 Å². The third-order valence-electron chi connectivity index (χ3n) is 11.9. The fraction of sp³-hybridized carbons (Fsp3) is 0.500. The van der Waals surface area contributed by atoms with Crippen molar-refractivity contribution in [1.82, 2.24) is 31.3 Å². The number of benzene rings is 3. The molecular formula is C50H65F3IN7O6S. The van der Waals surface area contributed by atoms with Gasteiger partial charge in [0.1, 0.15) is 17.9 Å². The van der Waals surface area contributed by atoms with Gasteiger partial charge in [0, 0.05) is 23.0 Å². The van der Waals surface area contributed by atoms with E-state index in [0.717, 1.165) is 85.3 Å². The minimum Gasteiger partial charge on any atom is -0.391 e. The Morgan fingerprint density at radius 1 is 0.897 bits per heavy atom. The first-order valence-electron chi connectivity index (χ1n) is 23.4. The van der Waals surface area contributed by atoms with E-state index in [1.54, 1.807) is 17.4 Å². The molecule has 0 aliphatic carbocycles. The number of aliphatic hydroxyl groups excluding tert-OH is 1. The third kappa shape index (κ3) is 16.0. The number of likely N-dealkylation sites (tertiary alicyclic amines) is 1. The summed E-state index contributed by atoms with van der Waals surface area (Å²) in [7, 11) is 0. The van der Waals surface area contributed by atoms with Crippen LogP contribution in [0.1, 0.15) is 126 Å². The van der Waals surface area contributed by atoms with Gasteiger partial charge in [-0.05, 0) is 116 Å². The molecule has 4 aromatic rings. The second-order valence-electron chi connectivity index (χ2n) is 18.4. The molecule has 0 unspecified atom stereocenters. The number of aliphatic hydroxyl groups is 1. The number of thiazole rings is 1. The number of aromatic nitrogens is 1. The SMILES string of the molecule is Cc1ncsc1-c1ccc([C@H](C)NC(=O)[C@H]2C[C@@H](O)CN2C(=O)[C@@H](NC(=O)CCCCCCCCCCNCCCONC(=O)c2ccc(F)c(F)c2Nc2ccc(I)cc2F)C(C)(C)C)cc1. The Hall–Kier alpha value is -4.63. The van der Waals surface area contributed by atoms with Crippen molar-refractivity contribution >= 4 is 68.9 Å². The van der Waals surface area contributed by atoms with Crippen LogP contribution in [0.15, 0.2) is 60.1 Å². The number of anilines is 2. The van der Waals surface area contributed by atoms with E-state index in [9.17, 15) is 37.5 Å². The van der Waals surface area contributed by atoms with Crippen molar-refractivity contribution in [2.24, 2.45) is 5.41 Å². The Bertz CT molecular complexity index is 2310. The number of carbonyl (C=O) groups is 4. The van der Waals surface area contributed by atoms with Gasteiger partial charge in [0.2, 0.25) is 17.7 Å². The summed E-state index contributed by atoms with van der Waals surface area (Å²) in [4.78, 5) is 65.7. The maximum atomic E-state index is 14.7. The van der Waals surface area contributed by atoms with Gasteiger partial charge in [-0.2, -0.15) is 0 Å². The second-order valence-corrected chi connectivity index (χ2v) is 20.5. The molecule has 5 rings (SSSR count). The van der Waals surface area contributed by atoms with Crippen LogP contribution in [0.4, 0.5) is 24.5 Å². The molecule has 18 heteroatoms. The van der Waals surface area contributed by atoms with Crippen molar-refractivity contribution in [2.45, 2.75) is 129 Å². The standard InChI is InChI=1S/C50H65F3IN7O6S/c1-31(33-16-18-34(19-17-33)45-32(2)56-30-68-45)57-48(65)41-28-36(62)29-61(41)49(66)46(50(3,4)5)59-42(63)15-12-10-8-6-7-9-11-13-24-55-25-14-26-67-60-47(64)37-21-22-38(51)43(53)44(37)58-40-23-20-35(54)27-39(40)52/h16-23,27,30-31,36,41,46,55,58,62H,6-15,24-26,28-29H2,1-5H3,(H,57,65)(H,59,63)(H,60,64)/t31-,36+,41+,46+/m0/s1. The molecule has 1 fully saturated rings. The highest BCUT2D eigenvalue weighted by molar-refractivity contribution is 14.1. The summed E-state index contributed by atoms with van der Waals surface area (Å²) in [5, 5.41) is 22.4. The molecule has 1 aliphatic rings. The van der Waals surface area contributed by atoms with Gasteiger partial charge < -0.3 is 31.3 Å². The molecule has 0 saturated carbocycles. The van der Waals surface area contributed by atoms with Gasteiger partial charge in [-0.25, -0.2) is 23.6 Å². The van der Waals surface area contributed by atoms with Crippen LogP contribution in [-0.4, -0.2) is 83.0 Å². The van der Waals surface area contributed by atoms with Gasteiger partial charge in [0.15, 0.2) is 11.6 Å². The number of amides is 4. The van der Waals surface area contributed by atoms with E-state index in [2.05, 4.69) is 31.7 Å². The van der Waals surface area contributed by atoms with Crippen LogP contribution in [0.5, 0.6) is 0 Å². The average Bonchev–Trinajstić information content (AvgIpc) is 3.92. The molecule has 1 aromatic heterocycles. The number of nitrogens with one attached hydrogen (secondary N) is 5. The number of rotatable bonds is 25. The number of carbonyl (C=O) groups excluding carboxylic acids is 4. The smallest absolute Gasteiger partial charge is 0.277 e. The van der Waals surface area contributed by atoms with Crippen LogP contribution in [0.3, 0.4) is 0 Å². The molecule has 4 atom stereocenters. The Morgan fingerprint density at radius 2 is 1.57 bits per heavy atom. The van der Waals surface area contributed by atoms with E-state index in [0.29, 0.717) is 23.0 Å². The number of hydroxylamine groups is 1. The Labute approximate surface area is 415 Å². The number of unbranched alkanes of at least 4 members (excludes halogenated alkanes) is 7. The first kappa shape index (κ1) is 54.3. The second kappa shape index (κ2) is 26.4. The Morgan fingerprint density at radius 3 is 2.24 bits per heavy atom. The fourth-order valence-corrected chi connectivity index (χ4v) is 9.26. The third-order valence-corrected chi connectivity index (χ3v) is 13.5. The lowest BCUT2D eigenvalue weighted by Gasteiger charge is -2.35. The maximum absolute atomic E-state index is 14.7. The van der Waals surface area contributed by atoms with Crippen LogP contribution in [-0.2, 0) is 19.2 Å². The van der Waals surface area contributed by atoms with Gasteiger partial charge in [0.05, 0.1) is 51.8 Å². The molecule has 0 spiro atoms. The Kier molecular flexibility index (Phi) is 21.1. The van der Waals surface area contributed by atoms with Crippen LogP contribution < -0.4 is 26.7 Å². The van der Waals surface area contributed by atoms with Crippen molar-refractivity contribution in [3.63, 3.8) is 0 Å². The predicted octanol–water partition coefficient (Wildman–Crippen LogP) is 9.41. The fourth-order valence-electron chi connectivity index (χ4n) is 8.00. The van der Waals surface area contributed by atoms with Crippen molar-refractivity contribution in [3.05, 3.63) is 98.0 Å². The molecular weight excluding hydrogens is 1010 g/mol. The van der Waals surface area contributed by atoms with E-state index in [1.165, 1.54) is 17.0 Å². The van der Waals surface area contributed by atoms with Gasteiger partial charge in [-0.3, -0.25) is 24.0 Å². The molecule has 68 heavy (non-hydrogen) atoms. The number of aryl methyl sites for hydroxylation is 1. The number of β-amino-alcohol motifs (C(OH)–C–C–N with tert-alkyl or cyclic N) is 1. The lowest BCUT2D eigenvalue weighted by Crippen LogP contribution is -2.57. The largest absolute Gasteiger partial charge is 0.391 e. The minimum atomic E-state index is -1.31. The van der Waals surface area contributed by atoms with Crippen molar-refractivity contribution in [2.75, 3.05) is 31.6 Å². The van der Waals surface area contributed by atoms with Crippen LogP contribution in [0, 0.1) is 33.4 Å². The number of halogens is 4. The molecule has 13 nitrogen and oxygen atoms in total. The minimum absolute atomic E-state index is 0.0141. The van der Waals surface area contributed by atoms with Crippen LogP contribution in [0.2, 0.25) is 0 Å². The molecule has 6 N–H and O–H groups in total. The van der Waals surface area contributed by atoms with Gasteiger partial charge in [0.25, 0.3) is 5.91 Å². The quantitative estimate of drug-likeness (QED) is 0.0215. The summed E-state index contributed by atoms with van der Waals surface area (Å²) in [6.07, 6.45) is 8.04. The lowest BCUT2D eigenvalue weighted by molar-refractivity contribution is -0.144. The van der Waals surface area contributed by atoms with E-state index in [1.807, 2.05) is 87.0 Å². The highest BCUT2D eigenvalue weighted by atomic mass is 127. The summed E-state index contributed by atoms with van der Waals surface area (Å²) < 4.78 is 43.7. The van der Waals surface area contributed by atoms with E-state index in [-0.39, 0.29) is 61.0 Å². The zero-order valence-electron chi connectivity index (χ0n) is 39.5. The normalized spacial score (nSPS) is 15.8. The van der Waals surface area contributed by atoms with E-state index < -0.39 is 52.6 Å². The first-order chi connectivity index (χ1) is 32.4. The molecule has 3 aromatic carbocycles. The van der Waals surface area contributed by atoms with E-state index >= 15 is 0 Å². The van der Waals surface area contributed by atoms with Gasteiger partial charge in [-0.1, -0.05) is 83.6 Å². The summed E-state index contributed by atoms with van der Waals surface area (Å²) in [6, 6.07) is 12.0.